The third-order valence-electron chi connectivity index (χ3n) is 3.45. The lowest BCUT2D eigenvalue weighted by molar-refractivity contribution is 0.766. The van der Waals surface area contributed by atoms with Crippen LogP contribution in [-0.2, 0) is 7.05 Å². The zero-order valence-electron chi connectivity index (χ0n) is 12.4. The van der Waals surface area contributed by atoms with Gasteiger partial charge in [-0.2, -0.15) is 10.2 Å². The molecule has 23 heavy (non-hydrogen) atoms. The van der Waals surface area contributed by atoms with Gasteiger partial charge in [-0.25, -0.2) is 14.6 Å². The summed E-state index contributed by atoms with van der Waals surface area (Å²) in [5.41, 5.74) is 3.56. The molecule has 0 atom stereocenters. The van der Waals surface area contributed by atoms with E-state index in [4.69, 9.17) is 0 Å². The molecular formula is C16H13N7. The number of pyridine rings is 1. The molecule has 0 fully saturated rings. The van der Waals surface area contributed by atoms with Crippen molar-refractivity contribution in [2.75, 3.05) is 0 Å². The number of nitrogens with zero attached hydrogens (tertiary/aromatic N) is 7. The topological polar surface area (TPSA) is 74.3 Å². The van der Waals surface area contributed by atoms with E-state index in [0.29, 0.717) is 5.95 Å². The molecule has 0 radical (unpaired) electrons. The van der Waals surface area contributed by atoms with Crippen molar-refractivity contribution in [2.24, 2.45) is 7.05 Å². The molecule has 7 nitrogen and oxygen atoms in total. The molecule has 0 aromatic carbocycles. The van der Waals surface area contributed by atoms with Gasteiger partial charge in [0.2, 0.25) is 5.95 Å². The van der Waals surface area contributed by atoms with E-state index >= 15 is 0 Å². The van der Waals surface area contributed by atoms with Crippen LogP contribution in [0, 0.1) is 0 Å². The lowest BCUT2D eigenvalue weighted by Crippen LogP contribution is -2.01. The van der Waals surface area contributed by atoms with Gasteiger partial charge in [0.25, 0.3) is 0 Å². The van der Waals surface area contributed by atoms with Gasteiger partial charge < -0.3 is 0 Å². The molecule has 0 amide bonds. The van der Waals surface area contributed by atoms with E-state index in [2.05, 4.69) is 25.1 Å². The number of hydrogen-bond acceptors (Lipinski definition) is 5. The van der Waals surface area contributed by atoms with Crippen molar-refractivity contribution in [1.82, 2.24) is 34.5 Å². The molecule has 0 saturated heterocycles. The summed E-state index contributed by atoms with van der Waals surface area (Å²) in [7, 11) is 1.90. The third kappa shape index (κ3) is 2.48. The molecule has 4 rings (SSSR count). The summed E-state index contributed by atoms with van der Waals surface area (Å²) in [5, 5.41) is 9.07. The Labute approximate surface area is 132 Å². The molecule has 0 spiro atoms. The predicted octanol–water partition coefficient (Wildman–Crippen LogP) is 2.12. The van der Waals surface area contributed by atoms with Crippen LogP contribution in [0.15, 0.2) is 61.3 Å². The summed E-state index contributed by atoms with van der Waals surface area (Å²) in [5.74, 6) is 0.536. The largest absolute Gasteiger partial charge is 0.266 e. The maximum absolute atomic E-state index is 4.54. The monoisotopic (exact) mass is 303 g/mol. The Hall–Kier alpha value is -3.35. The average molecular weight is 303 g/mol. The summed E-state index contributed by atoms with van der Waals surface area (Å²) in [6.07, 6.45) is 8.75. The van der Waals surface area contributed by atoms with E-state index in [9.17, 15) is 0 Å². The van der Waals surface area contributed by atoms with Crippen LogP contribution in [0.25, 0.3) is 28.6 Å². The molecule has 0 saturated carbocycles. The normalized spacial score (nSPS) is 10.8. The molecule has 4 heterocycles. The van der Waals surface area contributed by atoms with Gasteiger partial charge in [0.1, 0.15) is 5.69 Å². The lowest BCUT2D eigenvalue weighted by atomic mass is 10.2. The van der Waals surface area contributed by atoms with Crippen LogP contribution in [0.3, 0.4) is 0 Å². The minimum absolute atomic E-state index is 0.536. The first-order valence-electron chi connectivity index (χ1n) is 7.09. The molecule has 0 aliphatic heterocycles. The van der Waals surface area contributed by atoms with E-state index in [1.165, 1.54) is 0 Å². The van der Waals surface area contributed by atoms with Gasteiger partial charge >= 0.3 is 0 Å². The Morgan fingerprint density at radius 2 is 1.78 bits per heavy atom. The van der Waals surface area contributed by atoms with Crippen molar-refractivity contribution in [3.05, 3.63) is 61.3 Å². The van der Waals surface area contributed by atoms with Crippen molar-refractivity contribution in [2.45, 2.75) is 0 Å². The molecule has 0 aliphatic carbocycles. The highest BCUT2D eigenvalue weighted by Gasteiger charge is 2.12. The summed E-state index contributed by atoms with van der Waals surface area (Å²) in [6.45, 7) is 0. The Morgan fingerprint density at radius 3 is 2.57 bits per heavy atom. The molecule has 0 aliphatic rings. The molecule has 7 heteroatoms. The first kappa shape index (κ1) is 13.3. The molecule has 0 bridgehead atoms. The van der Waals surface area contributed by atoms with Crippen LogP contribution in [0.5, 0.6) is 0 Å². The minimum Gasteiger partial charge on any atom is -0.266 e. The summed E-state index contributed by atoms with van der Waals surface area (Å²) in [6, 6.07) is 9.56. The first-order valence-corrected chi connectivity index (χ1v) is 7.09. The van der Waals surface area contributed by atoms with Crippen molar-refractivity contribution in [3.63, 3.8) is 0 Å². The van der Waals surface area contributed by atoms with E-state index in [0.717, 1.165) is 22.6 Å². The maximum atomic E-state index is 4.54. The van der Waals surface area contributed by atoms with Crippen LogP contribution < -0.4 is 0 Å². The van der Waals surface area contributed by atoms with Gasteiger partial charge in [0.05, 0.1) is 11.4 Å². The minimum atomic E-state index is 0.536. The van der Waals surface area contributed by atoms with Crippen LogP contribution in [0.4, 0.5) is 0 Å². The fourth-order valence-corrected chi connectivity index (χ4v) is 2.34. The fourth-order valence-electron chi connectivity index (χ4n) is 2.34. The van der Waals surface area contributed by atoms with Gasteiger partial charge in [0.15, 0.2) is 0 Å². The SMILES string of the molecule is Cn1nc(-c2cccnc2)cc1-c1ccn(-c2ncccn2)n1. The van der Waals surface area contributed by atoms with Crippen LogP contribution >= 0.6 is 0 Å². The number of rotatable bonds is 3. The van der Waals surface area contributed by atoms with Gasteiger partial charge in [0, 0.05) is 43.6 Å². The first-order chi connectivity index (χ1) is 11.3. The highest BCUT2D eigenvalue weighted by atomic mass is 15.4. The highest BCUT2D eigenvalue weighted by molar-refractivity contribution is 5.66. The van der Waals surface area contributed by atoms with Crippen molar-refractivity contribution >= 4 is 0 Å². The summed E-state index contributed by atoms with van der Waals surface area (Å²) in [4.78, 5) is 12.5. The van der Waals surface area contributed by atoms with Crippen LogP contribution in [0.1, 0.15) is 0 Å². The molecular weight excluding hydrogens is 290 g/mol. The summed E-state index contributed by atoms with van der Waals surface area (Å²) < 4.78 is 3.45. The van der Waals surface area contributed by atoms with Crippen molar-refractivity contribution in [3.8, 4) is 28.6 Å². The second kappa shape index (κ2) is 5.45. The molecule has 4 aromatic rings. The van der Waals surface area contributed by atoms with E-state index < -0.39 is 0 Å². The van der Waals surface area contributed by atoms with Crippen molar-refractivity contribution < 1.29 is 0 Å². The van der Waals surface area contributed by atoms with Gasteiger partial charge in [-0.3, -0.25) is 9.67 Å². The number of hydrogen-bond donors (Lipinski definition) is 0. The Morgan fingerprint density at radius 1 is 0.913 bits per heavy atom. The molecule has 0 unspecified atom stereocenters. The number of aryl methyl sites for hydroxylation is 1. The molecule has 4 aromatic heterocycles. The Balaban J connectivity index is 1.72. The summed E-state index contributed by atoms with van der Waals surface area (Å²) >= 11 is 0. The molecule has 0 N–H and O–H groups in total. The lowest BCUT2D eigenvalue weighted by Gasteiger charge is -1.98. The van der Waals surface area contributed by atoms with Gasteiger partial charge in [-0.05, 0) is 30.3 Å². The van der Waals surface area contributed by atoms with Crippen LogP contribution in [-0.4, -0.2) is 34.5 Å². The third-order valence-corrected chi connectivity index (χ3v) is 3.45. The fraction of sp³-hybridized carbons (Fsp3) is 0.0625. The van der Waals surface area contributed by atoms with E-state index in [1.54, 1.807) is 40.2 Å². The standard InChI is InChI=1S/C16H13N7/c1-22-15(10-14(20-22)12-4-2-6-17-11-12)13-5-9-23(21-13)16-18-7-3-8-19-16/h2-11H,1H3. The highest BCUT2D eigenvalue weighted by Crippen LogP contribution is 2.24. The predicted molar refractivity (Wildman–Crippen MR) is 84.6 cm³/mol. The quantitative estimate of drug-likeness (QED) is 0.579. The Kier molecular flexibility index (Phi) is 3.16. The van der Waals surface area contributed by atoms with Gasteiger partial charge in [-0.1, -0.05) is 0 Å². The second-order valence-electron chi connectivity index (χ2n) is 4.97. The van der Waals surface area contributed by atoms with E-state index in [1.807, 2.05) is 37.5 Å². The average Bonchev–Trinajstić information content (AvgIpc) is 3.23. The number of aromatic nitrogens is 7. The van der Waals surface area contributed by atoms with E-state index in [-0.39, 0.29) is 0 Å². The Bertz CT molecular complexity index is 925. The zero-order chi connectivity index (χ0) is 15.6. The molecule has 112 valence electrons. The van der Waals surface area contributed by atoms with Gasteiger partial charge in [-0.15, -0.1) is 0 Å². The van der Waals surface area contributed by atoms with Crippen molar-refractivity contribution in [1.29, 1.82) is 0 Å². The maximum Gasteiger partial charge on any atom is 0.250 e. The zero-order valence-corrected chi connectivity index (χ0v) is 12.4. The van der Waals surface area contributed by atoms with Crippen LogP contribution in [0.2, 0.25) is 0 Å². The second-order valence-corrected chi connectivity index (χ2v) is 4.97. The smallest absolute Gasteiger partial charge is 0.250 e.